The fourth-order valence-electron chi connectivity index (χ4n) is 3.34. The van der Waals surface area contributed by atoms with Crippen LogP contribution in [0.4, 0.5) is 11.4 Å². The summed E-state index contributed by atoms with van der Waals surface area (Å²) in [5.74, 6) is -1.11. The number of rotatable bonds is 4. The van der Waals surface area contributed by atoms with Crippen molar-refractivity contribution in [3.63, 3.8) is 0 Å². The molecule has 0 spiro atoms. The van der Waals surface area contributed by atoms with Crippen molar-refractivity contribution in [2.45, 2.75) is 19.3 Å². The lowest BCUT2D eigenvalue weighted by molar-refractivity contribution is -0.141. The second-order valence-electron chi connectivity index (χ2n) is 6.45. The van der Waals surface area contributed by atoms with Crippen LogP contribution in [0.3, 0.4) is 0 Å². The van der Waals surface area contributed by atoms with E-state index in [1.807, 2.05) is 6.07 Å². The van der Waals surface area contributed by atoms with Crippen molar-refractivity contribution in [3.8, 4) is 0 Å². The van der Waals surface area contributed by atoms with Crippen molar-refractivity contribution in [1.29, 1.82) is 0 Å². The molecule has 2 aliphatic heterocycles. The summed E-state index contributed by atoms with van der Waals surface area (Å²) in [6.07, 6.45) is 2.46. The molecular weight excluding hydrogens is 350 g/mol. The minimum Gasteiger partial charge on any atom is -0.459 e. The zero-order valence-corrected chi connectivity index (χ0v) is 14.4. The minimum absolute atomic E-state index is 0.148. The molecule has 2 aromatic rings. The standard InChI is InChI=1S/C19H17N3O5/c23-16(11-22-17(24)5-6-18(22)25)20-13-4-3-12-7-8-21(14(12)10-13)19(26)15-2-1-9-27-15/h1-4,9-10H,5-8,11H2,(H,20,23). The Balaban J connectivity index is 1.48. The van der Waals surface area contributed by atoms with Gasteiger partial charge in [-0.25, -0.2) is 0 Å². The fraction of sp³-hybridized carbons (Fsp3) is 0.263. The molecular formula is C19H17N3O5. The molecule has 0 unspecified atom stereocenters. The zero-order valence-electron chi connectivity index (χ0n) is 14.4. The SMILES string of the molecule is O=C(CN1C(=O)CCC1=O)Nc1ccc2c(c1)N(C(=O)c1ccco1)CC2. The summed E-state index contributed by atoms with van der Waals surface area (Å²) in [6.45, 7) is 0.229. The molecule has 1 fully saturated rings. The first-order valence-electron chi connectivity index (χ1n) is 8.64. The number of carbonyl (C=O) groups is 4. The Morgan fingerprint density at radius 3 is 2.56 bits per heavy atom. The van der Waals surface area contributed by atoms with Crippen molar-refractivity contribution in [1.82, 2.24) is 4.90 Å². The summed E-state index contributed by atoms with van der Waals surface area (Å²) >= 11 is 0. The van der Waals surface area contributed by atoms with Gasteiger partial charge < -0.3 is 14.6 Å². The van der Waals surface area contributed by atoms with Gasteiger partial charge in [-0.15, -0.1) is 0 Å². The first-order chi connectivity index (χ1) is 13.0. The molecule has 2 aliphatic rings. The van der Waals surface area contributed by atoms with Crippen LogP contribution in [0.2, 0.25) is 0 Å². The largest absolute Gasteiger partial charge is 0.459 e. The van der Waals surface area contributed by atoms with Gasteiger partial charge in [-0.05, 0) is 36.2 Å². The predicted molar refractivity (Wildman–Crippen MR) is 95.1 cm³/mol. The Kier molecular flexibility index (Phi) is 4.23. The normalized spacial score (nSPS) is 16.0. The van der Waals surface area contributed by atoms with Gasteiger partial charge in [0.15, 0.2) is 5.76 Å². The number of imide groups is 1. The van der Waals surface area contributed by atoms with Crippen LogP contribution in [0.15, 0.2) is 41.0 Å². The maximum atomic E-state index is 12.6. The van der Waals surface area contributed by atoms with Gasteiger partial charge in [0.2, 0.25) is 17.7 Å². The van der Waals surface area contributed by atoms with Crippen LogP contribution < -0.4 is 10.2 Å². The van der Waals surface area contributed by atoms with Crippen LogP contribution >= 0.6 is 0 Å². The number of amides is 4. The molecule has 0 atom stereocenters. The number of furan rings is 1. The molecule has 1 saturated heterocycles. The van der Waals surface area contributed by atoms with Crippen LogP contribution in [0.25, 0.3) is 0 Å². The highest BCUT2D eigenvalue weighted by Crippen LogP contribution is 2.32. The van der Waals surface area contributed by atoms with E-state index < -0.39 is 5.91 Å². The summed E-state index contributed by atoms with van der Waals surface area (Å²) in [7, 11) is 0. The van der Waals surface area contributed by atoms with E-state index in [-0.39, 0.29) is 42.9 Å². The lowest BCUT2D eigenvalue weighted by atomic mass is 10.1. The van der Waals surface area contributed by atoms with Crippen molar-refractivity contribution in [2.24, 2.45) is 0 Å². The third-order valence-electron chi connectivity index (χ3n) is 4.70. The summed E-state index contributed by atoms with van der Waals surface area (Å²) in [5.41, 5.74) is 2.21. The number of anilines is 2. The molecule has 1 N–H and O–H groups in total. The van der Waals surface area contributed by atoms with E-state index in [2.05, 4.69) is 5.32 Å². The van der Waals surface area contributed by atoms with Crippen molar-refractivity contribution in [2.75, 3.05) is 23.3 Å². The number of fused-ring (bicyclic) bond motifs is 1. The number of nitrogens with zero attached hydrogens (tertiary/aromatic N) is 2. The second-order valence-corrected chi connectivity index (χ2v) is 6.45. The van der Waals surface area contributed by atoms with E-state index in [9.17, 15) is 19.2 Å². The Morgan fingerprint density at radius 2 is 1.85 bits per heavy atom. The molecule has 1 aromatic heterocycles. The number of hydrogen-bond acceptors (Lipinski definition) is 5. The number of hydrogen-bond donors (Lipinski definition) is 1. The van der Waals surface area contributed by atoms with Gasteiger partial charge in [0, 0.05) is 30.8 Å². The maximum Gasteiger partial charge on any atom is 0.293 e. The highest BCUT2D eigenvalue weighted by molar-refractivity contribution is 6.07. The topological polar surface area (TPSA) is 99.9 Å². The van der Waals surface area contributed by atoms with Gasteiger partial charge in [0.1, 0.15) is 6.54 Å². The summed E-state index contributed by atoms with van der Waals surface area (Å²) < 4.78 is 5.18. The summed E-state index contributed by atoms with van der Waals surface area (Å²) in [6, 6.07) is 8.57. The van der Waals surface area contributed by atoms with Crippen molar-refractivity contribution >= 4 is 35.0 Å². The number of likely N-dealkylation sites (tertiary alicyclic amines) is 1. The highest BCUT2D eigenvalue weighted by Gasteiger charge is 2.31. The van der Waals surface area contributed by atoms with Crippen LogP contribution in [-0.4, -0.2) is 41.6 Å². The van der Waals surface area contributed by atoms with Crippen LogP contribution in [0, 0.1) is 0 Å². The first kappa shape index (κ1) is 17.0. The molecule has 0 radical (unpaired) electrons. The highest BCUT2D eigenvalue weighted by atomic mass is 16.3. The smallest absolute Gasteiger partial charge is 0.293 e. The quantitative estimate of drug-likeness (QED) is 0.827. The average Bonchev–Trinajstić information content (AvgIpc) is 3.38. The van der Waals surface area contributed by atoms with Gasteiger partial charge in [-0.3, -0.25) is 24.1 Å². The van der Waals surface area contributed by atoms with E-state index in [4.69, 9.17) is 4.42 Å². The Hall–Kier alpha value is -3.42. The van der Waals surface area contributed by atoms with Crippen molar-refractivity contribution < 1.29 is 23.6 Å². The van der Waals surface area contributed by atoms with Gasteiger partial charge in [-0.1, -0.05) is 6.07 Å². The number of nitrogens with one attached hydrogen (secondary N) is 1. The Morgan fingerprint density at radius 1 is 1.07 bits per heavy atom. The van der Waals surface area contributed by atoms with Crippen LogP contribution in [0.1, 0.15) is 29.0 Å². The lowest BCUT2D eigenvalue weighted by Gasteiger charge is -2.17. The average molecular weight is 367 g/mol. The molecule has 8 heteroatoms. The molecule has 0 aliphatic carbocycles. The van der Waals surface area contributed by atoms with Crippen molar-refractivity contribution in [3.05, 3.63) is 47.9 Å². The third kappa shape index (κ3) is 3.21. The van der Waals surface area contributed by atoms with Gasteiger partial charge >= 0.3 is 0 Å². The Bertz CT molecular complexity index is 919. The van der Waals surface area contributed by atoms with E-state index in [1.165, 1.54) is 6.26 Å². The lowest BCUT2D eigenvalue weighted by Crippen LogP contribution is -2.36. The molecule has 4 rings (SSSR count). The van der Waals surface area contributed by atoms with Crippen LogP contribution in [0.5, 0.6) is 0 Å². The first-order valence-corrected chi connectivity index (χ1v) is 8.64. The van der Waals surface area contributed by atoms with E-state index in [0.717, 1.165) is 10.5 Å². The van der Waals surface area contributed by atoms with Gasteiger partial charge in [-0.2, -0.15) is 0 Å². The fourth-order valence-corrected chi connectivity index (χ4v) is 3.34. The molecule has 8 nitrogen and oxygen atoms in total. The Labute approximate surface area is 154 Å². The van der Waals surface area contributed by atoms with E-state index >= 15 is 0 Å². The number of benzene rings is 1. The summed E-state index contributed by atoms with van der Waals surface area (Å²) in [5, 5.41) is 2.69. The predicted octanol–water partition coefficient (Wildman–Crippen LogP) is 1.57. The van der Waals surface area contributed by atoms with Crippen LogP contribution in [-0.2, 0) is 20.8 Å². The molecule has 1 aromatic carbocycles. The zero-order chi connectivity index (χ0) is 19.0. The third-order valence-corrected chi connectivity index (χ3v) is 4.70. The molecule has 138 valence electrons. The molecule has 0 saturated carbocycles. The summed E-state index contributed by atoms with van der Waals surface area (Å²) in [4.78, 5) is 50.6. The van der Waals surface area contributed by atoms with Gasteiger partial charge in [0.05, 0.1) is 6.26 Å². The van der Waals surface area contributed by atoms with Gasteiger partial charge in [0.25, 0.3) is 5.91 Å². The van der Waals surface area contributed by atoms with E-state index in [1.54, 1.807) is 29.2 Å². The molecule has 3 heterocycles. The maximum absolute atomic E-state index is 12.6. The van der Waals surface area contributed by atoms with E-state index in [0.29, 0.717) is 24.3 Å². The monoisotopic (exact) mass is 367 g/mol. The molecule has 0 bridgehead atoms. The minimum atomic E-state index is -0.458. The number of carbonyl (C=O) groups excluding carboxylic acids is 4. The molecule has 4 amide bonds. The second kappa shape index (κ2) is 6.71. The molecule has 27 heavy (non-hydrogen) atoms.